The number of halogens is 1. The molecule has 5 nitrogen and oxygen atoms in total. The second-order valence-corrected chi connectivity index (χ2v) is 7.86. The van der Waals surface area contributed by atoms with E-state index in [0.717, 1.165) is 25.6 Å². The lowest BCUT2D eigenvalue weighted by Gasteiger charge is -2.26. The number of carbonyl (C=O) groups is 1. The van der Waals surface area contributed by atoms with E-state index in [0.29, 0.717) is 12.0 Å². The molecule has 134 valence electrons. The van der Waals surface area contributed by atoms with E-state index in [2.05, 4.69) is 20.5 Å². The van der Waals surface area contributed by atoms with Gasteiger partial charge < -0.3 is 15.5 Å². The van der Waals surface area contributed by atoms with Crippen molar-refractivity contribution in [3.63, 3.8) is 0 Å². The van der Waals surface area contributed by atoms with Crippen LogP contribution in [-0.4, -0.2) is 50.0 Å². The molecule has 0 radical (unpaired) electrons. The van der Waals surface area contributed by atoms with Crippen LogP contribution < -0.4 is 10.6 Å². The molecule has 1 amide bonds. The van der Waals surface area contributed by atoms with Crippen LogP contribution in [-0.2, 0) is 4.79 Å². The number of aliphatic imine (C=N–C) groups is 1. The fourth-order valence-electron chi connectivity index (χ4n) is 3.60. The number of carbonyl (C=O) groups excluding carboxylic acids is 1. The zero-order valence-corrected chi connectivity index (χ0v) is 17.4. The average molecular weight is 436 g/mol. The van der Waals surface area contributed by atoms with Crippen LogP contribution in [0.15, 0.2) is 4.99 Å². The summed E-state index contributed by atoms with van der Waals surface area (Å²) in [6.45, 7) is 9.39. The van der Waals surface area contributed by atoms with Crippen LogP contribution in [0.3, 0.4) is 0 Å². The Bertz CT molecular complexity index is 425. The number of hydrogen-bond acceptors (Lipinski definition) is 2. The van der Waals surface area contributed by atoms with Gasteiger partial charge >= 0.3 is 0 Å². The van der Waals surface area contributed by atoms with Gasteiger partial charge in [0.25, 0.3) is 0 Å². The lowest BCUT2D eigenvalue weighted by molar-refractivity contribution is -0.128. The minimum absolute atomic E-state index is 0. The van der Waals surface area contributed by atoms with Gasteiger partial charge in [0.05, 0.1) is 0 Å². The lowest BCUT2D eigenvalue weighted by atomic mass is 9.86. The maximum Gasteiger partial charge on any atom is 0.225 e. The highest BCUT2D eigenvalue weighted by Gasteiger charge is 2.41. The molecule has 0 bridgehead atoms. The van der Waals surface area contributed by atoms with Crippen molar-refractivity contribution in [1.29, 1.82) is 0 Å². The van der Waals surface area contributed by atoms with Gasteiger partial charge in [-0.25, -0.2) is 0 Å². The van der Waals surface area contributed by atoms with Gasteiger partial charge in [-0.05, 0) is 24.7 Å². The maximum atomic E-state index is 11.8. The highest BCUT2D eigenvalue weighted by Crippen LogP contribution is 2.45. The third-order valence-corrected chi connectivity index (χ3v) is 4.99. The second kappa shape index (κ2) is 8.53. The number of rotatable bonds is 3. The number of amides is 1. The van der Waals surface area contributed by atoms with Crippen LogP contribution >= 0.6 is 24.0 Å². The van der Waals surface area contributed by atoms with E-state index in [9.17, 15) is 4.79 Å². The van der Waals surface area contributed by atoms with E-state index in [1.165, 1.54) is 32.1 Å². The van der Waals surface area contributed by atoms with Crippen molar-refractivity contribution in [2.24, 2.45) is 15.8 Å². The fraction of sp³-hybridized carbons (Fsp3) is 0.882. The predicted octanol–water partition coefficient (Wildman–Crippen LogP) is 2.61. The van der Waals surface area contributed by atoms with Crippen LogP contribution in [0.1, 0.15) is 52.9 Å². The van der Waals surface area contributed by atoms with Crippen LogP contribution in [0.25, 0.3) is 0 Å². The topological polar surface area (TPSA) is 56.7 Å². The molecule has 0 aromatic carbocycles. The molecule has 23 heavy (non-hydrogen) atoms. The Labute approximate surface area is 158 Å². The van der Waals surface area contributed by atoms with E-state index in [4.69, 9.17) is 0 Å². The van der Waals surface area contributed by atoms with Gasteiger partial charge in [-0.2, -0.15) is 0 Å². The van der Waals surface area contributed by atoms with Gasteiger partial charge in [-0.15, -0.1) is 24.0 Å². The molecular formula is C17H33IN4O. The van der Waals surface area contributed by atoms with Gasteiger partial charge in [-0.3, -0.25) is 9.79 Å². The average Bonchev–Trinajstić information content (AvgIpc) is 3.08. The highest BCUT2D eigenvalue weighted by molar-refractivity contribution is 14.0. The van der Waals surface area contributed by atoms with Crippen molar-refractivity contribution in [3.8, 4) is 0 Å². The van der Waals surface area contributed by atoms with Crippen molar-refractivity contribution in [2.75, 3.05) is 33.2 Å². The monoisotopic (exact) mass is 436 g/mol. The zero-order chi connectivity index (χ0) is 16.2. The molecule has 2 rings (SSSR count). The molecule has 1 aliphatic carbocycles. The quantitative estimate of drug-likeness (QED) is 0.310. The van der Waals surface area contributed by atoms with Gasteiger partial charge in [0.15, 0.2) is 5.96 Å². The van der Waals surface area contributed by atoms with Gasteiger partial charge in [0.1, 0.15) is 0 Å². The summed E-state index contributed by atoms with van der Waals surface area (Å²) in [7, 11) is 1.84. The second-order valence-electron chi connectivity index (χ2n) is 7.86. The first-order valence-corrected chi connectivity index (χ1v) is 8.60. The summed E-state index contributed by atoms with van der Waals surface area (Å²) in [4.78, 5) is 18.6. The molecule has 1 spiro atoms. The van der Waals surface area contributed by atoms with Crippen molar-refractivity contribution < 1.29 is 4.79 Å². The van der Waals surface area contributed by atoms with Crippen LogP contribution in [0, 0.1) is 10.8 Å². The number of likely N-dealkylation sites (tertiary alicyclic amines) is 1. The minimum Gasteiger partial charge on any atom is -0.354 e. The van der Waals surface area contributed by atoms with E-state index in [1.807, 2.05) is 27.8 Å². The summed E-state index contributed by atoms with van der Waals surface area (Å²) in [5.74, 6) is 1.07. The summed E-state index contributed by atoms with van der Waals surface area (Å²) in [5, 5.41) is 6.35. The highest BCUT2D eigenvalue weighted by atomic mass is 127. The van der Waals surface area contributed by atoms with Gasteiger partial charge in [-0.1, -0.05) is 33.6 Å². The van der Waals surface area contributed by atoms with Crippen molar-refractivity contribution in [3.05, 3.63) is 0 Å². The maximum absolute atomic E-state index is 11.8. The molecule has 2 aliphatic rings. The molecule has 1 aliphatic heterocycles. The summed E-state index contributed by atoms with van der Waals surface area (Å²) >= 11 is 0. The Kier molecular flexibility index (Phi) is 7.61. The summed E-state index contributed by atoms with van der Waals surface area (Å²) in [5.41, 5.74) is 0.226. The Balaban J connectivity index is 0.00000264. The molecule has 2 N–H and O–H groups in total. The molecule has 1 heterocycles. The normalized spacial score (nSPS) is 20.5. The number of guanidine groups is 1. The summed E-state index contributed by atoms with van der Waals surface area (Å²) in [6, 6.07) is 0. The molecule has 2 fully saturated rings. The molecule has 1 saturated heterocycles. The van der Waals surface area contributed by atoms with Crippen molar-refractivity contribution in [1.82, 2.24) is 15.5 Å². The molecule has 0 unspecified atom stereocenters. The van der Waals surface area contributed by atoms with Crippen LogP contribution in [0.4, 0.5) is 0 Å². The van der Waals surface area contributed by atoms with Crippen LogP contribution in [0.5, 0.6) is 0 Å². The Morgan fingerprint density at radius 1 is 1.13 bits per heavy atom. The first-order valence-electron chi connectivity index (χ1n) is 8.60. The standard InChI is InChI=1S/C17H32N4O.HI/c1-16(2,3)14(22)19-10-11-20-15(18-4)21-12-9-17(13-21)7-5-6-8-17;/h5-13H2,1-4H3,(H,18,20)(H,19,22);1H. The third kappa shape index (κ3) is 5.50. The lowest BCUT2D eigenvalue weighted by Crippen LogP contribution is -2.45. The fourth-order valence-corrected chi connectivity index (χ4v) is 3.60. The summed E-state index contributed by atoms with van der Waals surface area (Å²) < 4.78 is 0. The van der Waals surface area contributed by atoms with Crippen LogP contribution in [0.2, 0.25) is 0 Å². The SMILES string of the molecule is CN=C(NCCNC(=O)C(C)(C)C)N1CCC2(CCCC2)C1.I. The number of hydrogen-bond donors (Lipinski definition) is 2. The minimum atomic E-state index is -0.328. The van der Waals surface area contributed by atoms with E-state index in [-0.39, 0.29) is 35.3 Å². The van der Waals surface area contributed by atoms with Crippen molar-refractivity contribution in [2.45, 2.75) is 52.9 Å². The van der Waals surface area contributed by atoms with Gasteiger partial charge in [0.2, 0.25) is 5.91 Å². The van der Waals surface area contributed by atoms with E-state index < -0.39 is 0 Å². The molecule has 6 heteroatoms. The largest absolute Gasteiger partial charge is 0.354 e. The Morgan fingerprint density at radius 2 is 1.74 bits per heavy atom. The van der Waals surface area contributed by atoms with Gasteiger partial charge in [0, 0.05) is 38.6 Å². The number of nitrogens with zero attached hydrogens (tertiary/aromatic N) is 2. The Hall–Kier alpha value is -0.530. The van der Waals surface area contributed by atoms with Crippen molar-refractivity contribution >= 4 is 35.8 Å². The molecular weight excluding hydrogens is 403 g/mol. The summed E-state index contributed by atoms with van der Waals surface area (Å²) in [6.07, 6.45) is 6.83. The molecule has 1 saturated carbocycles. The van der Waals surface area contributed by atoms with E-state index >= 15 is 0 Å². The zero-order valence-electron chi connectivity index (χ0n) is 15.1. The molecule has 0 aromatic rings. The molecule has 0 aromatic heterocycles. The smallest absolute Gasteiger partial charge is 0.225 e. The van der Waals surface area contributed by atoms with E-state index in [1.54, 1.807) is 0 Å². The first kappa shape index (κ1) is 20.5. The number of nitrogens with one attached hydrogen (secondary N) is 2. The third-order valence-electron chi connectivity index (χ3n) is 4.99. The molecule has 0 atom stereocenters. The predicted molar refractivity (Wildman–Crippen MR) is 106 cm³/mol. The Morgan fingerprint density at radius 3 is 2.30 bits per heavy atom. The first-order chi connectivity index (χ1) is 10.4.